The Labute approximate surface area is 122 Å². The number of aryl methyl sites for hydroxylation is 1. The first-order valence-electron chi connectivity index (χ1n) is 6.38. The third-order valence-electron chi connectivity index (χ3n) is 3.19. The number of anilines is 1. The quantitative estimate of drug-likeness (QED) is 0.788. The fourth-order valence-corrected chi connectivity index (χ4v) is 2.44. The van der Waals surface area contributed by atoms with Gasteiger partial charge in [0, 0.05) is 10.2 Å². The van der Waals surface area contributed by atoms with Crippen LogP contribution in [0.3, 0.4) is 0 Å². The van der Waals surface area contributed by atoms with E-state index in [1.165, 1.54) is 11.6 Å². The first kappa shape index (κ1) is 14.1. The first-order valence-corrected chi connectivity index (χ1v) is 7.17. The van der Waals surface area contributed by atoms with Gasteiger partial charge in [-0.25, -0.2) is 4.39 Å². The van der Waals surface area contributed by atoms with E-state index in [2.05, 4.69) is 47.2 Å². The van der Waals surface area contributed by atoms with Crippen LogP contribution >= 0.6 is 15.9 Å². The van der Waals surface area contributed by atoms with E-state index < -0.39 is 0 Å². The maximum Gasteiger partial charge on any atom is 0.123 e. The van der Waals surface area contributed by atoms with Gasteiger partial charge in [-0.2, -0.15) is 0 Å². The van der Waals surface area contributed by atoms with Crippen molar-refractivity contribution in [3.63, 3.8) is 0 Å². The van der Waals surface area contributed by atoms with Crippen molar-refractivity contribution in [3.8, 4) is 0 Å². The summed E-state index contributed by atoms with van der Waals surface area (Å²) in [5.41, 5.74) is 3.23. The Balaban J connectivity index is 2.26. The van der Waals surface area contributed by atoms with Gasteiger partial charge < -0.3 is 5.32 Å². The first-order chi connectivity index (χ1) is 9.10. The second kappa shape index (κ2) is 6.20. The fraction of sp³-hybridized carbons (Fsp3) is 0.250. The number of nitrogens with one attached hydrogen (secondary N) is 1. The van der Waals surface area contributed by atoms with Crippen molar-refractivity contribution in [1.82, 2.24) is 0 Å². The molecule has 0 fully saturated rings. The van der Waals surface area contributed by atoms with Gasteiger partial charge in [0.1, 0.15) is 5.82 Å². The van der Waals surface area contributed by atoms with Gasteiger partial charge in [-0.05, 0) is 48.7 Å². The summed E-state index contributed by atoms with van der Waals surface area (Å²) in [4.78, 5) is 0. The molecule has 0 heterocycles. The molecule has 0 saturated heterocycles. The molecule has 0 aliphatic rings. The molecule has 0 aliphatic carbocycles. The summed E-state index contributed by atoms with van der Waals surface area (Å²) >= 11 is 3.48. The molecule has 1 nitrogen and oxygen atoms in total. The van der Waals surface area contributed by atoms with Gasteiger partial charge in [-0.3, -0.25) is 0 Å². The Hall–Kier alpha value is -1.35. The number of benzene rings is 2. The third kappa shape index (κ3) is 3.57. The minimum absolute atomic E-state index is 0.115. The van der Waals surface area contributed by atoms with Crippen molar-refractivity contribution < 1.29 is 4.39 Å². The molecule has 0 bridgehead atoms. The topological polar surface area (TPSA) is 12.0 Å². The molecule has 19 heavy (non-hydrogen) atoms. The summed E-state index contributed by atoms with van der Waals surface area (Å²) in [6.07, 6.45) is 0.898. The van der Waals surface area contributed by atoms with E-state index in [1.807, 2.05) is 12.1 Å². The maximum absolute atomic E-state index is 13.3. The van der Waals surface area contributed by atoms with Crippen molar-refractivity contribution in [2.75, 3.05) is 5.32 Å². The smallest absolute Gasteiger partial charge is 0.123 e. The molecule has 1 atom stereocenters. The van der Waals surface area contributed by atoms with Crippen LogP contribution in [0, 0.1) is 12.7 Å². The van der Waals surface area contributed by atoms with Gasteiger partial charge >= 0.3 is 0 Å². The van der Waals surface area contributed by atoms with E-state index in [-0.39, 0.29) is 11.9 Å². The zero-order valence-corrected chi connectivity index (χ0v) is 12.7. The summed E-state index contributed by atoms with van der Waals surface area (Å²) < 4.78 is 14.3. The largest absolute Gasteiger partial charge is 0.378 e. The minimum Gasteiger partial charge on any atom is -0.378 e. The monoisotopic (exact) mass is 321 g/mol. The Morgan fingerprint density at radius 1 is 1.21 bits per heavy atom. The Kier molecular flexibility index (Phi) is 4.59. The van der Waals surface area contributed by atoms with E-state index in [0.717, 1.165) is 22.1 Å². The standard InChI is InChI=1S/C16H17BrFN/c1-3-15(12-5-4-6-14(18)9-12)19-16-10-13(17)8-7-11(16)2/h4-10,15,19H,3H2,1-2H3. The molecule has 0 aromatic heterocycles. The van der Waals surface area contributed by atoms with Crippen LogP contribution in [0.1, 0.15) is 30.5 Å². The highest BCUT2D eigenvalue weighted by atomic mass is 79.9. The molecule has 2 aromatic carbocycles. The van der Waals surface area contributed by atoms with Crippen LogP contribution in [-0.2, 0) is 0 Å². The maximum atomic E-state index is 13.3. The number of hydrogen-bond donors (Lipinski definition) is 1. The van der Waals surface area contributed by atoms with Crippen molar-refractivity contribution in [2.45, 2.75) is 26.3 Å². The molecule has 0 amide bonds. The minimum atomic E-state index is -0.191. The predicted molar refractivity (Wildman–Crippen MR) is 81.9 cm³/mol. The lowest BCUT2D eigenvalue weighted by molar-refractivity contribution is 0.621. The molecule has 0 aliphatic heterocycles. The van der Waals surface area contributed by atoms with Gasteiger partial charge in [0.05, 0.1) is 6.04 Å². The average Bonchev–Trinajstić information content (AvgIpc) is 2.39. The molecule has 100 valence electrons. The van der Waals surface area contributed by atoms with Gasteiger partial charge in [0.2, 0.25) is 0 Å². The van der Waals surface area contributed by atoms with Crippen LogP contribution in [0.15, 0.2) is 46.9 Å². The van der Waals surface area contributed by atoms with E-state index in [4.69, 9.17) is 0 Å². The summed E-state index contributed by atoms with van der Waals surface area (Å²) in [5, 5.41) is 3.48. The van der Waals surface area contributed by atoms with Crippen LogP contribution in [0.4, 0.5) is 10.1 Å². The van der Waals surface area contributed by atoms with Crippen LogP contribution in [-0.4, -0.2) is 0 Å². The summed E-state index contributed by atoms with van der Waals surface area (Å²) in [5.74, 6) is -0.191. The summed E-state index contributed by atoms with van der Waals surface area (Å²) in [7, 11) is 0. The normalized spacial score (nSPS) is 12.2. The van der Waals surface area contributed by atoms with E-state index in [1.54, 1.807) is 12.1 Å². The highest BCUT2D eigenvalue weighted by Gasteiger charge is 2.11. The van der Waals surface area contributed by atoms with Crippen molar-refractivity contribution >= 4 is 21.6 Å². The molecule has 0 saturated carbocycles. The molecule has 1 unspecified atom stereocenters. The highest BCUT2D eigenvalue weighted by molar-refractivity contribution is 9.10. The highest BCUT2D eigenvalue weighted by Crippen LogP contribution is 2.27. The zero-order chi connectivity index (χ0) is 13.8. The molecular weight excluding hydrogens is 305 g/mol. The van der Waals surface area contributed by atoms with E-state index in [0.29, 0.717) is 0 Å². The van der Waals surface area contributed by atoms with Crippen molar-refractivity contribution in [1.29, 1.82) is 0 Å². The molecule has 0 radical (unpaired) electrons. The van der Waals surface area contributed by atoms with Gasteiger partial charge in [-0.1, -0.05) is 41.1 Å². The van der Waals surface area contributed by atoms with E-state index >= 15 is 0 Å². The van der Waals surface area contributed by atoms with Crippen LogP contribution in [0.25, 0.3) is 0 Å². The van der Waals surface area contributed by atoms with Gasteiger partial charge in [0.15, 0.2) is 0 Å². The Bertz CT molecular complexity index is 568. The lowest BCUT2D eigenvalue weighted by Gasteiger charge is -2.20. The average molecular weight is 322 g/mol. The second-order valence-electron chi connectivity index (χ2n) is 4.62. The Morgan fingerprint density at radius 2 is 2.00 bits per heavy atom. The molecule has 2 rings (SSSR count). The molecular formula is C16H17BrFN. The number of rotatable bonds is 4. The van der Waals surface area contributed by atoms with Gasteiger partial charge in [0.25, 0.3) is 0 Å². The lowest BCUT2D eigenvalue weighted by atomic mass is 10.0. The van der Waals surface area contributed by atoms with Crippen LogP contribution < -0.4 is 5.32 Å². The second-order valence-corrected chi connectivity index (χ2v) is 5.54. The Morgan fingerprint density at radius 3 is 2.68 bits per heavy atom. The van der Waals surface area contributed by atoms with Crippen molar-refractivity contribution in [3.05, 3.63) is 63.9 Å². The fourth-order valence-electron chi connectivity index (χ4n) is 2.08. The van der Waals surface area contributed by atoms with Crippen LogP contribution in [0.2, 0.25) is 0 Å². The lowest BCUT2D eigenvalue weighted by Crippen LogP contribution is -2.10. The third-order valence-corrected chi connectivity index (χ3v) is 3.68. The van der Waals surface area contributed by atoms with E-state index in [9.17, 15) is 4.39 Å². The predicted octanol–water partition coefficient (Wildman–Crippen LogP) is 5.46. The number of halogens is 2. The molecule has 1 N–H and O–H groups in total. The van der Waals surface area contributed by atoms with Crippen molar-refractivity contribution in [2.24, 2.45) is 0 Å². The SMILES string of the molecule is CCC(Nc1cc(Br)ccc1C)c1cccc(F)c1. The number of hydrogen-bond acceptors (Lipinski definition) is 1. The summed E-state index contributed by atoms with van der Waals surface area (Å²) in [6.45, 7) is 4.16. The van der Waals surface area contributed by atoms with Crippen LogP contribution in [0.5, 0.6) is 0 Å². The summed E-state index contributed by atoms with van der Waals surface area (Å²) in [6, 6.07) is 13.0. The van der Waals surface area contributed by atoms with Gasteiger partial charge in [-0.15, -0.1) is 0 Å². The molecule has 3 heteroatoms. The molecule has 0 spiro atoms. The zero-order valence-electron chi connectivity index (χ0n) is 11.1. The molecule has 2 aromatic rings.